The van der Waals surface area contributed by atoms with Gasteiger partial charge < -0.3 is 19.8 Å². The number of nitrogens with one attached hydrogen (secondary N) is 2. The zero-order valence-electron chi connectivity index (χ0n) is 18.3. The van der Waals surface area contributed by atoms with Crippen molar-refractivity contribution in [2.75, 3.05) is 46.4 Å². The van der Waals surface area contributed by atoms with Crippen LogP contribution in [0.25, 0.3) is 5.65 Å². The Kier molecular flexibility index (Phi) is 7.89. The van der Waals surface area contributed by atoms with Gasteiger partial charge in [-0.05, 0) is 30.9 Å². The van der Waals surface area contributed by atoms with Crippen LogP contribution in [0.1, 0.15) is 31.5 Å². The summed E-state index contributed by atoms with van der Waals surface area (Å²) in [6, 6.07) is 4.65. The van der Waals surface area contributed by atoms with Crippen molar-refractivity contribution in [3.8, 4) is 0 Å². The maximum atomic E-state index is 5.52. The maximum absolute atomic E-state index is 5.52. The van der Waals surface area contributed by atoms with E-state index >= 15 is 0 Å². The molecule has 0 bridgehead atoms. The molecule has 1 aliphatic rings. The molecular formula is C22H36N6O. The van der Waals surface area contributed by atoms with Crippen molar-refractivity contribution in [2.45, 2.75) is 39.7 Å². The Morgan fingerprint density at radius 3 is 2.76 bits per heavy atom. The number of rotatable bonds is 8. The lowest BCUT2D eigenvalue weighted by Crippen LogP contribution is -2.51. The minimum absolute atomic E-state index is 0.499. The average molecular weight is 401 g/mol. The van der Waals surface area contributed by atoms with E-state index in [9.17, 15) is 0 Å². The van der Waals surface area contributed by atoms with E-state index in [0.717, 1.165) is 63.1 Å². The summed E-state index contributed by atoms with van der Waals surface area (Å²) in [5, 5.41) is 6.96. The summed E-state index contributed by atoms with van der Waals surface area (Å²) in [5.74, 6) is 1.52. The van der Waals surface area contributed by atoms with Gasteiger partial charge >= 0.3 is 0 Å². The molecule has 2 aromatic rings. The molecule has 0 saturated carbocycles. The quantitative estimate of drug-likeness (QED) is 0.525. The van der Waals surface area contributed by atoms with Gasteiger partial charge in [0.05, 0.1) is 18.9 Å². The molecule has 2 N–H and O–H groups in total. The summed E-state index contributed by atoms with van der Waals surface area (Å²) in [5.41, 5.74) is 3.32. The summed E-state index contributed by atoms with van der Waals surface area (Å²) < 4.78 is 7.61. The third kappa shape index (κ3) is 6.18. The highest BCUT2D eigenvalue weighted by molar-refractivity contribution is 5.79. The fraction of sp³-hybridized carbons (Fsp3) is 0.636. The highest BCUT2D eigenvalue weighted by Gasteiger charge is 2.22. The van der Waals surface area contributed by atoms with Crippen LogP contribution in [0.5, 0.6) is 0 Å². The van der Waals surface area contributed by atoms with Crippen molar-refractivity contribution >= 4 is 11.6 Å². The number of morpholine rings is 1. The third-order valence-corrected chi connectivity index (χ3v) is 5.44. The van der Waals surface area contributed by atoms with Crippen molar-refractivity contribution in [3.05, 3.63) is 35.8 Å². The first kappa shape index (κ1) is 21.6. The molecule has 7 heteroatoms. The molecule has 1 fully saturated rings. The van der Waals surface area contributed by atoms with Crippen LogP contribution >= 0.6 is 0 Å². The summed E-state index contributed by atoms with van der Waals surface area (Å²) in [4.78, 5) is 11.7. The second kappa shape index (κ2) is 10.6. The molecule has 29 heavy (non-hydrogen) atoms. The molecular weight excluding hydrogens is 364 g/mol. The molecule has 0 radical (unpaired) electrons. The van der Waals surface area contributed by atoms with E-state index in [4.69, 9.17) is 9.72 Å². The lowest BCUT2D eigenvalue weighted by atomic mass is 10.0. The number of nitrogens with zero attached hydrogens (tertiary/aromatic N) is 4. The van der Waals surface area contributed by atoms with Gasteiger partial charge in [-0.2, -0.15) is 0 Å². The topological polar surface area (TPSA) is 66.2 Å². The maximum Gasteiger partial charge on any atom is 0.191 e. The molecule has 3 heterocycles. The van der Waals surface area contributed by atoms with Gasteiger partial charge in [0.1, 0.15) is 5.65 Å². The Bertz CT molecular complexity index is 794. The summed E-state index contributed by atoms with van der Waals surface area (Å²) in [7, 11) is 1.83. The van der Waals surface area contributed by atoms with Crippen molar-refractivity contribution in [3.63, 3.8) is 0 Å². The molecule has 0 amide bonds. The van der Waals surface area contributed by atoms with Crippen LogP contribution in [0.15, 0.2) is 29.5 Å². The van der Waals surface area contributed by atoms with E-state index in [0.29, 0.717) is 12.0 Å². The van der Waals surface area contributed by atoms with Crippen LogP contribution in [-0.2, 0) is 11.2 Å². The van der Waals surface area contributed by atoms with E-state index in [1.165, 1.54) is 12.0 Å². The van der Waals surface area contributed by atoms with E-state index < -0.39 is 0 Å². The molecule has 0 spiro atoms. The van der Waals surface area contributed by atoms with Crippen LogP contribution in [0.4, 0.5) is 0 Å². The predicted octanol–water partition coefficient (Wildman–Crippen LogP) is 2.10. The normalized spacial score (nSPS) is 17.1. The van der Waals surface area contributed by atoms with Gasteiger partial charge in [-0.3, -0.25) is 9.89 Å². The van der Waals surface area contributed by atoms with Gasteiger partial charge in [0.25, 0.3) is 0 Å². The second-order valence-electron chi connectivity index (χ2n) is 8.22. The first-order valence-corrected chi connectivity index (χ1v) is 10.8. The SMILES string of the molecule is CN=C(NCCc1cn2cccc(C)c2n1)NCC(CC(C)C)N1CCOCC1. The van der Waals surface area contributed by atoms with Crippen molar-refractivity contribution in [2.24, 2.45) is 10.9 Å². The molecule has 0 aliphatic carbocycles. The van der Waals surface area contributed by atoms with Crippen molar-refractivity contribution in [1.29, 1.82) is 0 Å². The highest BCUT2D eigenvalue weighted by Crippen LogP contribution is 2.13. The van der Waals surface area contributed by atoms with E-state index in [1.807, 2.05) is 13.2 Å². The fourth-order valence-corrected chi connectivity index (χ4v) is 3.92. The smallest absolute Gasteiger partial charge is 0.191 e. The largest absolute Gasteiger partial charge is 0.379 e. The number of ether oxygens (including phenoxy) is 1. The number of hydrogen-bond donors (Lipinski definition) is 2. The number of guanidine groups is 1. The molecule has 160 valence electrons. The van der Waals surface area contributed by atoms with Crippen LogP contribution in [-0.4, -0.2) is 72.7 Å². The molecule has 1 atom stereocenters. The monoisotopic (exact) mass is 400 g/mol. The van der Waals surface area contributed by atoms with Crippen LogP contribution in [0.3, 0.4) is 0 Å². The van der Waals surface area contributed by atoms with Gasteiger partial charge in [-0.1, -0.05) is 19.9 Å². The Labute approximate surface area is 174 Å². The van der Waals surface area contributed by atoms with Gasteiger partial charge in [0, 0.05) is 58.1 Å². The molecule has 1 saturated heterocycles. The Morgan fingerprint density at radius 2 is 2.07 bits per heavy atom. The van der Waals surface area contributed by atoms with Crippen LogP contribution in [0.2, 0.25) is 0 Å². The summed E-state index contributed by atoms with van der Waals surface area (Å²) in [6.45, 7) is 12.1. The lowest BCUT2D eigenvalue weighted by molar-refractivity contribution is 0.0132. The molecule has 1 aliphatic heterocycles. The second-order valence-corrected chi connectivity index (χ2v) is 8.22. The Hall–Kier alpha value is -2.12. The predicted molar refractivity (Wildman–Crippen MR) is 119 cm³/mol. The van der Waals surface area contributed by atoms with Gasteiger partial charge in [-0.15, -0.1) is 0 Å². The molecule has 0 aromatic carbocycles. The van der Waals surface area contributed by atoms with Gasteiger partial charge in [-0.25, -0.2) is 4.98 Å². The molecule has 2 aromatic heterocycles. The zero-order valence-corrected chi connectivity index (χ0v) is 18.3. The number of aromatic nitrogens is 2. The Morgan fingerprint density at radius 1 is 1.28 bits per heavy atom. The van der Waals surface area contributed by atoms with Gasteiger partial charge in [0.15, 0.2) is 5.96 Å². The van der Waals surface area contributed by atoms with E-state index in [1.54, 1.807) is 0 Å². The number of hydrogen-bond acceptors (Lipinski definition) is 4. The Balaban J connectivity index is 1.49. The molecule has 1 unspecified atom stereocenters. The fourth-order valence-electron chi connectivity index (χ4n) is 3.92. The number of imidazole rings is 1. The standard InChI is InChI=1S/C22H36N6O/c1-17(2)14-20(27-10-12-29-13-11-27)15-25-22(23-4)24-8-7-19-16-28-9-5-6-18(3)21(28)26-19/h5-6,9,16-17,20H,7-8,10-15H2,1-4H3,(H2,23,24,25). The average Bonchev–Trinajstić information content (AvgIpc) is 3.14. The van der Waals surface area contributed by atoms with E-state index in [2.05, 4.69) is 64.0 Å². The molecule has 7 nitrogen and oxygen atoms in total. The number of aryl methyl sites for hydroxylation is 1. The van der Waals surface area contributed by atoms with Crippen molar-refractivity contribution in [1.82, 2.24) is 24.9 Å². The third-order valence-electron chi connectivity index (χ3n) is 5.44. The minimum Gasteiger partial charge on any atom is -0.379 e. The number of pyridine rings is 1. The minimum atomic E-state index is 0.499. The van der Waals surface area contributed by atoms with Crippen molar-refractivity contribution < 1.29 is 4.74 Å². The van der Waals surface area contributed by atoms with Crippen LogP contribution in [0, 0.1) is 12.8 Å². The highest BCUT2D eigenvalue weighted by atomic mass is 16.5. The first-order chi connectivity index (χ1) is 14.1. The number of fused-ring (bicyclic) bond motifs is 1. The molecule has 3 rings (SSSR count). The lowest BCUT2D eigenvalue weighted by Gasteiger charge is -2.35. The van der Waals surface area contributed by atoms with Crippen LogP contribution < -0.4 is 10.6 Å². The zero-order chi connectivity index (χ0) is 20.6. The van der Waals surface area contributed by atoms with E-state index in [-0.39, 0.29) is 0 Å². The number of aliphatic imine (C=N–C) groups is 1. The first-order valence-electron chi connectivity index (χ1n) is 10.8. The van der Waals surface area contributed by atoms with Gasteiger partial charge in [0.2, 0.25) is 0 Å². The summed E-state index contributed by atoms with van der Waals surface area (Å²) in [6.07, 6.45) is 6.19. The summed E-state index contributed by atoms with van der Waals surface area (Å²) >= 11 is 0.